The van der Waals surface area contributed by atoms with Gasteiger partial charge in [-0.25, -0.2) is 0 Å². The maximum atomic E-state index is 12.3. The smallest absolute Gasteiger partial charge is 0.262 e. The second-order valence-electron chi connectivity index (χ2n) is 7.36. The van der Waals surface area contributed by atoms with Crippen molar-refractivity contribution >= 4 is 27.5 Å². The van der Waals surface area contributed by atoms with Crippen molar-refractivity contribution in [3.8, 4) is 11.5 Å². The fourth-order valence-corrected chi connectivity index (χ4v) is 2.84. The molecule has 2 aromatic carbocycles. The summed E-state index contributed by atoms with van der Waals surface area (Å²) in [5, 5.41) is 6.27. The number of carbonyl (C=O) groups excluding carboxylic acids is 1. The van der Waals surface area contributed by atoms with Crippen LogP contribution in [-0.4, -0.2) is 25.2 Å². The van der Waals surface area contributed by atoms with E-state index in [4.69, 9.17) is 9.47 Å². The number of amides is 1. The van der Waals surface area contributed by atoms with Gasteiger partial charge in [0.1, 0.15) is 0 Å². The standard InChI is InChI=1S/C21H27BrN2O3/c1-14-6-8-15(9-7-14)24-19(25)13-27-20-16(12-23-21(2,3)4)17(22)10-11-18(20)26-5/h6-11,23H,12-13H2,1-5H3,(H,24,25). The molecule has 0 aromatic heterocycles. The van der Waals surface area contributed by atoms with E-state index < -0.39 is 0 Å². The first-order valence-electron chi connectivity index (χ1n) is 8.79. The van der Waals surface area contributed by atoms with Crippen molar-refractivity contribution in [2.45, 2.75) is 39.8 Å². The molecule has 0 aliphatic heterocycles. The Morgan fingerprint density at radius 1 is 1.11 bits per heavy atom. The molecule has 0 saturated carbocycles. The Bertz CT molecular complexity index is 783. The maximum Gasteiger partial charge on any atom is 0.262 e. The summed E-state index contributed by atoms with van der Waals surface area (Å²) >= 11 is 3.57. The molecule has 146 valence electrons. The molecule has 27 heavy (non-hydrogen) atoms. The molecular formula is C21H27BrN2O3. The molecular weight excluding hydrogens is 408 g/mol. The van der Waals surface area contributed by atoms with Crippen LogP contribution < -0.4 is 20.1 Å². The van der Waals surface area contributed by atoms with Crippen LogP contribution in [0.2, 0.25) is 0 Å². The van der Waals surface area contributed by atoms with Crippen LogP contribution in [0.15, 0.2) is 40.9 Å². The summed E-state index contributed by atoms with van der Waals surface area (Å²) in [4.78, 5) is 12.3. The van der Waals surface area contributed by atoms with Crippen LogP contribution in [0.4, 0.5) is 5.69 Å². The van der Waals surface area contributed by atoms with E-state index in [0.29, 0.717) is 18.0 Å². The van der Waals surface area contributed by atoms with Crippen LogP contribution in [0.1, 0.15) is 31.9 Å². The predicted molar refractivity (Wildman–Crippen MR) is 113 cm³/mol. The Kier molecular flexibility index (Phi) is 7.27. The highest BCUT2D eigenvalue weighted by atomic mass is 79.9. The second-order valence-corrected chi connectivity index (χ2v) is 8.22. The summed E-state index contributed by atoms with van der Waals surface area (Å²) in [7, 11) is 1.59. The monoisotopic (exact) mass is 434 g/mol. The predicted octanol–water partition coefficient (Wildman–Crippen LogP) is 4.67. The third-order valence-electron chi connectivity index (χ3n) is 3.87. The third kappa shape index (κ3) is 6.56. The van der Waals surface area contributed by atoms with Crippen LogP contribution in [0, 0.1) is 6.92 Å². The molecule has 0 aliphatic rings. The zero-order valence-corrected chi connectivity index (χ0v) is 18.1. The molecule has 5 nitrogen and oxygen atoms in total. The van der Waals surface area contributed by atoms with Crippen LogP contribution >= 0.6 is 15.9 Å². The lowest BCUT2D eigenvalue weighted by molar-refractivity contribution is -0.118. The Balaban J connectivity index is 2.12. The fraction of sp³-hybridized carbons (Fsp3) is 0.381. The van der Waals surface area contributed by atoms with Crippen molar-refractivity contribution in [2.24, 2.45) is 0 Å². The number of aryl methyl sites for hydroxylation is 1. The van der Waals surface area contributed by atoms with Gasteiger partial charge in [-0.1, -0.05) is 33.6 Å². The minimum absolute atomic E-state index is 0.0530. The number of halogens is 1. The highest BCUT2D eigenvalue weighted by Gasteiger charge is 2.18. The molecule has 0 saturated heterocycles. The Labute approximate surface area is 169 Å². The van der Waals surface area contributed by atoms with E-state index in [0.717, 1.165) is 21.3 Å². The average Bonchev–Trinajstić information content (AvgIpc) is 2.60. The number of hydrogen-bond donors (Lipinski definition) is 2. The quantitative estimate of drug-likeness (QED) is 0.664. The molecule has 0 fully saturated rings. The normalized spacial score (nSPS) is 11.2. The fourth-order valence-electron chi connectivity index (χ4n) is 2.39. The summed E-state index contributed by atoms with van der Waals surface area (Å²) < 4.78 is 12.2. The molecule has 2 N–H and O–H groups in total. The van der Waals surface area contributed by atoms with Crippen molar-refractivity contribution in [3.05, 3.63) is 52.0 Å². The third-order valence-corrected chi connectivity index (χ3v) is 4.61. The number of anilines is 1. The van der Waals surface area contributed by atoms with Gasteiger partial charge < -0.3 is 20.1 Å². The largest absolute Gasteiger partial charge is 0.493 e. The summed E-state index contributed by atoms with van der Waals surface area (Å²) in [6.07, 6.45) is 0. The van der Waals surface area contributed by atoms with Gasteiger partial charge in [-0.15, -0.1) is 0 Å². The summed E-state index contributed by atoms with van der Waals surface area (Å²) in [6.45, 7) is 8.75. The average molecular weight is 435 g/mol. The Morgan fingerprint density at radius 3 is 2.37 bits per heavy atom. The highest BCUT2D eigenvalue weighted by Crippen LogP contribution is 2.36. The number of ether oxygens (including phenoxy) is 2. The summed E-state index contributed by atoms with van der Waals surface area (Å²) in [5.41, 5.74) is 2.74. The number of rotatable bonds is 7. The van der Waals surface area contributed by atoms with Gasteiger partial charge in [-0.2, -0.15) is 0 Å². The van der Waals surface area contributed by atoms with E-state index in [-0.39, 0.29) is 18.1 Å². The molecule has 0 bridgehead atoms. The topological polar surface area (TPSA) is 59.6 Å². The van der Waals surface area contributed by atoms with Crippen LogP contribution in [0.5, 0.6) is 11.5 Å². The lowest BCUT2D eigenvalue weighted by Gasteiger charge is -2.23. The van der Waals surface area contributed by atoms with E-state index in [9.17, 15) is 4.79 Å². The van der Waals surface area contributed by atoms with E-state index >= 15 is 0 Å². The number of methoxy groups -OCH3 is 1. The van der Waals surface area contributed by atoms with Gasteiger partial charge in [0.2, 0.25) is 0 Å². The number of hydrogen-bond acceptors (Lipinski definition) is 4. The van der Waals surface area contributed by atoms with Crippen LogP contribution in [-0.2, 0) is 11.3 Å². The summed E-state index contributed by atoms with van der Waals surface area (Å²) in [5.74, 6) is 0.922. The first-order chi connectivity index (χ1) is 12.7. The van der Waals surface area contributed by atoms with Crippen molar-refractivity contribution in [1.82, 2.24) is 5.32 Å². The number of carbonyl (C=O) groups is 1. The van der Waals surface area contributed by atoms with Crippen molar-refractivity contribution in [1.29, 1.82) is 0 Å². The maximum absolute atomic E-state index is 12.3. The van der Waals surface area contributed by atoms with Crippen LogP contribution in [0.25, 0.3) is 0 Å². The van der Waals surface area contributed by atoms with Gasteiger partial charge in [-0.3, -0.25) is 4.79 Å². The summed E-state index contributed by atoms with van der Waals surface area (Å²) in [6, 6.07) is 11.4. The van der Waals surface area contributed by atoms with Gasteiger partial charge >= 0.3 is 0 Å². The molecule has 0 aliphatic carbocycles. The van der Waals surface area contributed by atoms with Crippen molar-refractivity contribution < 1.29 is 14.3 Å². The zero-order chi connectivity index (χ0) is 20.0. The highest BCUT2D eigenvalue weighted by molar-refractivity contribution is 9.10. The van der Waals surface area contributed by atoms with Gasteiger partial charge in [-0.05, 0) is 52.0 Å². The molecule has 0 atom stereocenters. The van der Waals surface area contributed by atoms with E-state index in [1.807, 2.05) is 43.3 Å². The lowest BCUT2D eigenvalue weighted by Crippen LogP contribution is -2.35. The van der Waals surface area contributed by atoms with Crippen molar-refractivity contribution in [3.63, 3.8) is 0 Å². The number of benzene rings is 2. The van der Waals surface area contributed by atoms with Gasteiger partial charge in [0, 0.05) is 27.8 Å². The van der Waals surface area contributed by atoms with E-state index in [1.165, 1.54) is 0 Å². The van der Waals surface area contributed by atoms with E-state index in [2.05, 4.69) is 47.3 Å². The second kappa shape index (κ2) is 9.24. The van der Waals surface area contributed by atoms with Gasteiger partial charge in [0.15, 0.2) is 18.1 Å². The van der Waals surface area contributed by atoms with Crippen molar-refractivity contribution in [2.75, 3.05) is 19.0 Å². The first kappa shape index (κ1) is 21.3. The first-order valence-corrected chi connectivity index (χ1v) is 9.58. The lowest BCUT2D eigenvalue weighted by atomic mass is 10.1. The minimum atomic E-state index is -0.226. The SMILES string of the molecule is COc1ccc(Br)c(CNC(C)(C)C)c1OCC(=O)Nc1ccc(C)cc1. The Morgan fingerprint density at radius 2 is 1.78 bits per heavy atom. The minimum Gasteiger partial charge on any atom is -0.493 e. The molecule has 0 heterocycles. The molecule has 2 aromatic rings. The van der Waals surface area contributed by atoms with Gasteiger partial charge in [0.05, 0.1) is 7.11 Å². The Hall–Kier alpha value is -2.05. The molecule has 0 radical (unpaired) electrons. The zero-order valence-electron chi connectivity index (χ0n) is 16.5. The number of nitrogens with one attached hydrogen (secondary N) is 2. The molecule has 6 heteroatoms. The molecule has 0 spiro atoms. The molecule has 2 rings (SSSR count). The molecule has 0 unspecified atom stereocenters. The molecule has 1 amide bonds. The van der Waals surface area contributed by atoms with E-state index in [1.54, 1.807) is 7.11 Å². The van der Waals surface area contributed by atoms with Gasteiger partial charge in [0.25, 0.3) is 5.91 Å². The van der Waals surface area contributed by atoms with Crippen LogP contribution in [0.3, 0.4) is 0 Å².